The highest BCUT2D eigenvalue weighted by Gasteiger charge is 2.20. The lowest BCUT2D eigenvalue weighted by Crippen LogP contribution is -2.09. The molecule has 1 nitrogen and oxygen atoms in total. The zero-order valence-electron chi connectivity index (χ0n) is 11.6. The molecule has 2 heteroatoms. The fourth-order valence-corrected chi connectivity index (χ4v) is 2.76. The summed E-state index contributed by atoms with van der Waals surface area (Å²) in [5, 5.41) is 10.5. The molecule has 20 heavy (non-hydrogen) atoms. The van der Waals surface area contributed by atoms with E-state index < -0.39 is 6.10 Å². The van der Waals surface area contributed by atoms with E-state index in [-0.39, 0.29) is 5.82 Å². The van der Waals surface area contributed by atoms with Crippen LogP contribution in [0.1, 0.15) is 53.5 Å². The Morgan fingerprint density at radius 3 is 2.50 bits per heavy atom. The molecular weight excluding hydrogens is 251 g/mol. The molecule has 2 aromatic rings. The highest BCUT2D eigenvalue weighted by molar-refractivity contribution is 5.36. The molecule has 104 valence electrons. The summed E-state index contributed by atoms with van der Waals surface area (Å²) >= 11 is 0. The zero-order chi connectivity index (χ0) is 14.1. The molecule has 0 bridgehead atoms. The first-order chi connectivity index (χ1) is 9.65. The summed E-state index contributed by atoms with van der Waals surface area (Å²) in [6, 6.07) is 13.0. The smallest absolute Gasteiger partial charge is 0.126 e. The Hall–Kier alpha value is -1.67. The molecule has 1 fully saturated rings. The van der Waals surface area contributed by atoms with Crippen molar-refractivity contribution in [2.24, 2.45) is 0 Å². The van der Waals surface area contributed by atoms with Crippen molar-refractivity contribution in [2.75, 3.05) is 0 Å². The van der Waals surface area contributed by atoms with E-state index in [1.807, 2.05) is 12.1 Å². The molecular formula is C18H19FO. The minimum Gasteiger partial charge on any atom is -0.384 e. The molecule has 0 saturated heterocycles. The lowest BCUT2D eigenvalue weighted by Gasteiger charge is -2.26. The SMILES string of the molecule is Cc1cc(C(O)c2cccc(C3CCC3)c2)ccc1F. The Labute approximate surface area is 119 Å². The molecule has 1 aliphatic carbocycles. The Kier molecular flexibility index (Phi) is 3.58. The van der Waals surface area contributed by atoms with Crippen LogP contribution in [0.4, 0.5) is 4.39 Å². The number of aliphatic hydroxyl groups excluding tert-OH is 1. The Bertz CT molecular complexity index is 617. The number of hydrogen-bond donors (Lipinski definition) is 1. The topological polar surface area (TPSA) is 20.2 Å². The highest BCUT2D eigenvalue weighted by atomic mass is 19.1. The summed E-state index contributed by atoms with van der Waals surface area (Å²) in [4.78, 5) is 0. The molecule has 0 radical (unpaired) electrons. The van der Waals surface area contributed by atoms with Gasteiger partial charge >= 0.3 is 0 Å². The van der Waals surface area contributed by atoms with Crippen LogP contribution in [0.25, 0.3) is 0 Å². The molecule has 0 aromatic heterocycles. The molecule has 1 N–H and O–H groups in total. The Morgan fingerprint density at radius 2 is 1.85 bits per heavy atom. The molecule has 1 unspecified atom stereocenters. The quantitative estimate of drug-likeness (QED) is 0.871. The summed E-state index contributed by atoms with van der Waals surface area (Å²) in [6.45, 7) is 1.72. The van der Waals surface area contributed by atoms with E-state index in [4.69, 9.17) is 0 Å². The minimum atomic E-state index is -0.686. The van der Waals surface area contributed by atoms with Gasteiger partial charge in [0.15, 0.2) is 0 Å². The summed E-state index contributed by atoms with van der Waals surface area (Å²) in [7, 11) is 0. The maximum Gasteiger partial charge on any atom is 0.126 e. The number of hydrogen-bond acceptors (Lipinski definition) is 1. The second-order valence-electron chi connectivity index (χ2n) is 5.71. The van der Waals surface area contributed by atoms with Gasteiger partial charge in [-0.3, -0.25) is 0 Å². The predicted octanol–water partition coefficient (Wildman–Crippen LogP) is 4.48. The Balaban J connectivity index is 1.89. The fraction of sp³-hybridized carbons (Fsp3) is 0.333. The van der Waals surface area contributed by atoms with Crippen LogP contribution in [-0.4, -0.2) is 5.11 Å². The predicted molar refractivity (Wildman–Crippen MR) is 78.2 cm³/mol. The van der Waals surface area contributed by atoms with Crippen LogP contribution in [-0.2, 0) is 0 Å². The van der Waals surface area contributed by atoms with Crippen molar-refractivity contribution in [1.82, 2.24) is 0 Å². The highest BCUT2D eigenvalue weighted by Crippen LogP contribution is 2.37. The third-order valence-electron chi connectivity index (χ3n) is 4.30. The minimum absolute atomic E-state index is 0.232. The van der Waals surface area contributed by atoms with Gasteiger partial charge in [0.1, 0.15) is 11.9 Å². The fourth-order valence-electron chi connectivity index (χ4n) is 2.76. The Morgan fingerprint density at radius 1 is 1.10 bits per heavy atom. The summed E-state index contributed by atoms with van der Waals surface area (Å²) in [5.41, 5.74) is 3.51. The van der Waals surface area contributed by atoms with Gasteiger partial charge < -0.3 is 5.11 Å². The average Bonchev–Trinajstić information content (AvgIpc) is 2.39. The molecule has 1 atom stereocenters. The van der Waals surface area contributed by atoms with Gasteiger partial charge in [0.25, 0.3) is 0 Å². The van der Waals surface area contributed by atoms with Crippen LogP contribution in [0, 0.1) is 12.7 Å². The normalized spacial score (nSPS) is 16.8. The van der Waals surface area contributed by atoms with Crippen LogP contribution in [0.5, 0.6) is 0 Å². The average molecular weight is 270 g/mol. The van der Waals surface area contributed by atoms with Crippen LogP contribution in [0.15, 0.2) is 42.5 Å². The van der Waals surface area contributed by atoms with Gasteiger partial charge in [-0.15, -0.1) is 0 Å². The van der Waals surface area contributed by atoms with Crippen LogP contribution in [0.3, 0.4) is 0 Å². The van der Waals surface area contributed by atoms with Gasteiger partial charge in [-0.1, -0.05) is 42.8 Å². The molecule has 3 rings (SSSR count). The summed E-state index contributed by atoms with van der Waals surface area (Å²) in [6.07, 6.45) is 3.10. The van der Waals surface area contributed by atoms with Crippen molar-refractivity contribution in [3.63, 3.8) is 0 Å². The zero-order valence-corrected chi connectivity index (χ0v) is 11.6. The van der Waals surface area contributed by atoms with Gasteiger partial charge in [-0.2, -0.15) is 0 Å². The van der Waals surface area contributed by atoms with Crippen LogP contribution >= 0.6 is 0 Å². The number of aryl methyl sites for hydroxylation is 1. The maximum absolute atomic E-state index is 13.3. The monoisotopic (exact) mass is 270 g/mol. The van der Waals surface area contributed by atoms with E-state index >= 15 is 0 Å². The molecule has 0 amide bonds. The van der Waals surface area contributed by atoms with E-state index in [2.05, 4.69) is 12.1 Å². The second-order valence-corrected chi connectivity index (χ2v) is 5.71. The molecule has 0 aliphatic heterocycles. The first-order valence-corrected chi connectivity index (χ1v) is 7.19. The van der Waals surface area contributed by atoms with E-state index in [0.717, 1.165) is 11.1 Å². The molecule has 1 aliphatic rings. The van der Waals surface area contributed by atoms with Crippen molar-refractivity contribution < 1.29 is 9.50 Å². The van der Waals surface area contributed by atoms with E-state index in [1.54, 1.807) is 19.1 Å². The number of aliphatic hydroxyl groups is 1. The van der Waals surface area contributed by atoms with Gasteiger partial charge in [0, 0.05) is 0 Å². The number of halogens is 1. The van der Waals surface area contributed by atoms with Crippen LogP contribution < -0.4 is 0 Å². The van der Waals surface area contributed by atoms with Gasteiger partial charge in [-0.25, -0.2) is 4.39 Å². The molecule has 0 spiro atoms. The lowest BCUT2D eigenvalue weighted by atomic mass is 9.79. The molecule has 1 saturated carbocycles. The van der Waals surface area contributed by atoms with Gasteiger partial charge in [0.05, 0.1) is 0 Å². The van der Waals surface area contributed by atoms with Crippen molar-refractivity contribution in [3.05, 3.63) is 70.5 Å². The number of rotatable bonds is 3. The maximum atomic E-state index is 13.3. The van der Waals surface area contributed by atoms with Gasteiger partial charge in [-0.05, 0) is 54.0 Å². The first-order valence-electron chi connectivity index (χ1n) is 7.19. The second kappa shape index (κ2) is 5.37. The third-order valence-corrected chi connectivity index (χ3v) is 4.30. The van der Waals surface area contributed by atoms with Crippen molar-refractivity contribution in [3.8, 4) is 0 Å². The number of benzene rings is 2. The van der Waals surface area contributed by atoms with E-state index in [1.165, 1.54) is 30.9 Å². The summed E-state index contributed by atoms with van der Waals surface area (Å²) in [5.74, 6) is 0.418. The van der Waals surface area contributed by atoms with Crippen molar-refractivity contribution in [2.45, 2.75) is 38.2 Å². The van der Waals surface area contributed by atoms with E-state index in [0.29, 0.717) is 11.5 Å². The van der Waals surface area contributed by atoms with E-state index in [9.17, 15) is 9.50 Å². The first kappa shape index (κ1) is 13.3. The standard InChI is InChI=1S/C18H19FO/c1-12-10-16(8-9-17(12)19)18(20)15-7-3-6-14(11-15)13-4-2-5-13/h3,6-11,13,18,20H,2,4-5H2,1H3. The molecule has 0 heterocycles. The molecule has 2 aromatic carbocycles. The van der Waals surface area contributed by atoms with Crippen LogP contribution in [0.2, 0.25) is 0 Å². The largest absolute Gasteiger partial charge is 0.384 e. The lowest BCUT2D eigenvalue weighted by molar-refractivity contribution is 0.220. The van der Waals surface area contributed by atoms with Crippen molar-refractivity contribution in [1.29, 1.82) is 0 Å². The third kappa shape index (κ3) is 2.48. The van der Waals surface area contributed by atoms with Crippen molar-refractivity contribution >= 4 is 0 Å². The summed E-state index contributed by atoms with van der Waals surface area (Å²) < 4.78 is 13.3. The van der Waals surface area contributed by atoms with Gasteiger partial charge in [0.2, 0.25) is 0 Å².